The smallest absolute Gasteiger partial charge is 0.305 e. The first kappa shape index (κ1) is 14.6. The van der Waals surface area contributed by atoms with Gasteiger partial charge in [0.2, 0.25) is 0 Å². The third-order valence-corrected chi connectivity index (χ3v) is 2.94. The Morgan fingerprint density at radius 1 is 1.13 bits per heavy atom. The highest BCUT2D eigenvalue weighted by Gasteiger charge is 2.13. The van der Waals surface area contributed by atoms with Crippen molar-refractivity contribution in [2.45, 2.75) is 52.2 Å². The molecule has 0 amide bonds. The van der Waals surface area contributed by atoms with Crippen LogP contribution in [0.1, 0.15) is 32.6 Å². The highest BCUT2D eigenvalue weighted by Crippen LogP contribution is 2.03. The Labute approximate surface area is 94.3 Å². The van der Waals surface area contributed by atoms with Crippen LogP contribution in [-0.2, 0) is 14.0 Å². The average Bonchev–Trinajstić information content (AvgIpc) is 2.11. The molecule has 0 aromatic carbocycles. The molecule has 0 bridgehead atoms. The summed E-state index contributed by atoms with van der Waals surface area (Å²) in [6.45, 7) is 9.42. The van der Waals surface area contributed by atoms with Gasteiger partial charge in [-0.15, -0.1) is 0 Å². The van der Waals surface area contributed by atoms with Gasteiger partial charge in [0.15, 0.2) is 8.32 Å². The van der Waals surface area contributed by atoms with E-state index in [0.717, 1.165) is 19.3 Å². The summed E-state index contributed by atoms with van der Waals surface area (Å²) in [6.07, 6.45) is 3.71. The fraction of sp³-hybridized carbons (Fsp3) is 0.909. The summed E-state index contributed by atoms with van der Waals surface area (Å²) < 4.78 is 10.6. The fourth-order valence-corrected chi connectivity index (χ4v) is 1.79. The number of esters is 1. The number of hydrogen-bond donors (Lipinski definition) is 0. The second-order valence-corrected chi connectivity index (χ2v) is 9.15. The third kappa shape index (κ3) is 11.6. The van der Waals surface area contributed by atoms with Gasteiger partial charge in [-0.3, -0.25) is 4.79 Å². The number of unbranched alkanes of at least 4 members (excludes halogenated alkanes) is 2. The maximum Gasteiger partial charge on any atom is 0.305 e. The van der Waals surface area contributed by atoms with Crippen molar-refractivity contribution in [3.8, 4) is 0 Å². The minimum Gasteiger partial charge on any atom is -0.463 e. The van der Waals surface area contributed by atoms with Gasteiger partial charge in [-0.05, 0) is 26.1 Å². The van der Waals surface area contributed by atoms with E-state index in [-0.39, 0.29) is 5.97 Å². The lowest BCUT2D eigenvalue weighted by atomic mass is 10.2. The lowest BCUT2D eigenvalue weighted by molar-refractivity contribution is -0.144. The van der Waals surface area contributed by atoms with Crippen LogP contribution in [0.25, 0.3) is 0 Å². The summed E-state index contributed by atoms with van der Waals surface area (Å²) in [5.74, 6) is -0.0948. The second-order valence-electron chi connectivity index (χ2n) is 4.64. The van der Waals surface area contributed by atoms with Gasteiger partial charge in [0.1, 0.15) is 6.61 Å². The van der Waals surface area contributed by atoms with Crippen molar-refractivity contribution in [1.82, 2.24) is 0 Å². The van der Waals surface area contributed by atoms with E-state index in [0.29, 0.717) is 19.6 Å². The quantitative estimate of drug-likeness (QED) is 0.367. The topological polar surface area (TPSA) is 35.5 Å². The van der Waals surface area contributed by atoms with Crippen molar-refractivity contribution >= 4 is 14.3 Å². The molecule has 0 aromatic rings. The van der Waals surface area contributed by atoms with Crippen molar-refractivity contribution < 1.29 is 14.0 Å². The maximum atomic E-state index is 11.2. The Morgan fingerprint density at radius 2 is 1.80 bits per heavy atom. The van der Waals surface area contributed by atoms with Gasteiger partial charge in [-0.2, -0.15) is 0 Å². The van der Waals surface area contributed by atoms with Gasteiger partial charge < -0.3 is 9.16 Å². The highest BCUT2D eigenvalue weighted by molar-refractivity contribution is 6.69. The number of carbonyl (C=O) groups is 1. The molecule has 0 rings (SSSR count). The van der Waals surface area contributed by atoms with E-state index in [9.17, 15) is 4.79 Å². The molecule has 15 heavy (non-hydrogen) atoms. The van der Waals surface area contributed by atoms with Crippen LogP contribution >= 0.6 is 0 Å². The molecule has 0 radical (unpaired) electrons. The molecule has 90 valence electrons. The first-order valence-corrected chi connectivity index (χ1v) is 9.16. The Balaban J connectivity index is 3.32. The molecule has 0 saturated carbocycles. The van der Waals surface area contributed by atoms with Crippen LogP contribution in [0.3, 0.4) is 0 Å². The van der Waals surface area contributed by atoms with E-state index in [4.69, 9.17) is 9.16 Å². The molecule has 0 atom stereocenters. The highest BCUT2D eigenvalue weighted by atomic mass is 28.4. The van der Waals surface area contributed by atoms with Crippen LogP contribution in [0.2, 0.25) is 19.6 Å². The zero-order chi connectivity index (χ0) is 11.7. The predicted molar refractivity (Wildman–Crippen MR) is 64.4 cm³/mol. The number of hydrogen-bond acceptors (Lipinski definition) is 3. The number of rotatable bonds is 8. The minimum absolute atomic E-state index is 0.0948. The summed E-state index contributed by atoms with van der Waals surface area (Å²) in [4.78, 5) is 11.2. The van der Waals surface area contributed by atoms with Crippen molar-refractivity contribution in [3.05, 3.63) is 0 Å². The SMILES string of the molecule is CCCCCC(=O)OCCO[Si](C)(C)C. The monoisotopic (exact) mass is 232 g/mol. The molecule has 0 aliphatic rings. The fourth-order valence-electron chi connectivity index (χ4n) is 1.09. The number of ether oxygens (including phenoxy) is 1. The van der Waals surface area contributed by atoms with Crippen molar-refractivity contribution in [2.75, 3.05) is 13.2 Å². The van der Waals surface area contributed by atoms with Crippen molar-refractivity contribution in [3.63, 3.8) is 0 Å². The molecule has 0 aromatic heterocycles. The molecule has 0 fully saturated rings. The Kier molecular flexibility index (Phi) is 7.69. The van der Waals surface area contributed by atoms with E-state index in [1.807, 2.05) is 0 Å². The maximum absolute atomic E-state index is 11.2. The van der Waals surface area contributed by atoms with Crippen LogP contribution in [0.4, 0.5) is 0 Å². The summed E-state index contributed by atoms with van der Waals surface area (Å²) >= 11 is 0. The Hall–Kier alpha value is -0.353. The van der Waals surface area contributed by atoms with Gasteiger partial charge in [-0.25, -0.2) is 0 Å². The molecule has 0 spiro atoms. The van der Waals surface area contributed by atoms with Crippen LogP contribution in [0.15, 0.2) is 0 Å². The molecule has 0 N–H and O–H groups in total. The summed E-state index contributed by atoms with van der Waals surface area (Å²) in [5.41, 5.74) is 0. The largest absolute Gasteiger partial charge is 0.463 e. The molecule has 0 heterocycles. The first-order valence-electron chi connectivity index (χ1n) is 5.75. The lowest BCUT2D eigenvalue weighted by Crippen LogP contribution is -2.27. The molecular formula is C11H24O3Si. The van der Waals surface area contributed by atoms with Crippen LogP contribution in [0, 0.1) is 0 Å². The Bertz CT molecular complexity index is 175. The predicted octanol–water partition coefficient (Wildman–Crippen LogP) is 2.96. The van der Waals surface area contributed by atoms with Gasteiger partial charge in [0.05, 0.1) is 6.61 Å². The van der Waals surface area contributed by atoms with Crippen molar-refractivity contribution in [1.29, 1.82) is 0 Å². The van der Waals surface area contributed by atoms with E-state index < -0.39 is 8.32 Å². The zero-order valence-electron chi connectivity index (χ0n) is 10.5. The van der Waals surface area contributed by atoms with E-state index >= 15 is 0 Å². The molecule has 0 unspecified atom stereocenters. The van der Waals surface area contributed by atoms with E-state index in [1.54, 1.807) is 0 Å². The molecule has 4 heteroatoms. The molecule has 0 aliphatic carbocycles. The molecule has 0 aliphatic heterocycles. The van der Waals surface area contributed by atoms with Crippen LogP contribution in [0.5, 0.6) is 0 Å². The Morgan fingerprint density at radius 3 is 2.33 bits per heavy atom. The second kappa shape index (κ2) is 7.88. The number of carbonyl (C=O) groups excluding carboxylic acids is 1. The van der Waals surface area contributed by atoms with Crippen molar-refractivity contribution in [2.24, 2.45) is 0 Å². The van der Waals surface area contributed by atoms with E-state index in [1.165, 1.54) is 0 Å². The molecule has 3 nitrogen and oxygen atoms in total. The van der Waals surface area contributed by atoms with Gasteiger partial charge >= 0.3 is 5.97 Å². The van der Waals surface area contributed by atoms with Gasteiger partial charge in [0.25, 0.3) is 0 Å². The normalized spacial score (nSPS) is 11.5. The van der Waals surface area contributed by atoms with Gasteiger partial charge in [0, 0.05) is 6.42 Å². The first-order chi connectivity index (χ1) is 6.95. The zero-order valence-corrected chi connectivity index (χ0v) is 11.5. The van der Waals surface area contributed by atoms with E-state index in [2.05, 4.69) is 26.6 Å². The standard InChI is InChI=1S/C11H24O3Si/c1-5-6-7-8-11(12)13-9-10-14-15(2,3)4/h5-10H2,1-4H3. The minimum atomic E-state index is -1.45. The third-order valence-electron chi connectivity index (χ3n) is 1.87. The average molecular weight is 232 g/mol. The van der Waals surface area contributed by atoms with Gasteiger partial charge in [-0.1, -0.05) is 19.8 Å². The lowest BCUT2D eigenvalue weighted by Gasteiger charge is -2.16. The summed E-state index contributed by atoms with van der Waals surface area (Å²) in [6, 6.07) is 0. The summed E-state index contributed by atoms with van der Waals surface area (Å²) in [5, 5.41) is 0. The molecule has 0 saturated heterocycles. The molecular weight excluding hydrogens is 208 g/mol. The van der Waals surface area contributed by atoms with Crippen LogP contribution < -0.4 is 0 Å². The van der Waals surface area contributed by atoms with Crippen LogP contribution in [-0.4, -0.2) is 27.5 Å². The summed E-state index contributed by atoms with van der Waals surface area (Å²) in [7, 11) is -1.45.